The lowest BCUT2D eigenvalue weighted by Gasteiger charge is -2.00. The summed E-state index contributed by atoms with van der Waals surface area (Å²) < 4.78 is 17.8. The van der Waals surface area contributed by atoms with Crippen molar-refractivity contribution in [3.05, 3.63) is 42.5 Å². The third-order valence-corrected chi connectivity index (χ3v) is 4.25. The smallest absolute Gasteiger partial charge is 0.230 e. The molecule has 3 rings (SSSR count). The number of primary amides is 1. The summed E-state index contributed by atoms with van der Waals surface area (Å²) in [4.78, 5) is 11.4. The van der Waals surface area contributed by atoms with Crippen molar-refractivity contribution >= 4 is 38.6 Å². The first kappa shape index (κ1) is 11.9. The van der Waals surface area contributed by atoms with Crippen LogP contribution in [-0.4, -0.2) is 15.9 Å². The molecule has 0 saturated carbocycles. The second kappa shape index (κ2) is 4.51. The Balaban J connectivity index is 2.26. The molecule has 0 radical (unpaired) electrons. The predicted octanol–water partition coefficient (Wildman–Crippen LogP) is 2.18. The lowest BCUT2D eigenvalue weighted by atomic mass is 10.1. The van der Waals surface area contributed by atoms with E-state index in [4.69, 9.17) is 10.2 Å². The summed E-state index contributed by atoms with van der Waals surface area (Å²) in [7, 11) is -1.48. The highest BCUT2D eigenvalue weighted by Gasteiger charge is 2.15. The van der Waals surface area contributed by atoms with E-state index in [-0.39, 0.29) is 5.75 Å². The minimum Gasteiger partial charge on any atom is -0.455 e. The van der Waals surface area contributed by atoms with Gasteiger partial charge in [-0.2, -0.15) is 0 Å². The van der Waals surface area contributed by atoms with Gasteiger partial charge in [-0.15, -0.1) is 0 Å². The van der Waals surface area contributed by atoms with Crippen molar-refractivity contribution in [1.29, 1.82) is 0 Å². The van der Waals surface area contributed by atoms with Crippen LogP contribution in [-0.2, 0) is 15.6 Å². The molecule has 0 aliphatic heterocycles. The van der Waals surface area contributed by atoms with Crippen LogP contribution in [0.25, 0.3) is 21.9 Å². The van der Waals surface area contributed by atoms with Gasteiger partial charge < -0.3 is 10.2 Å². The molecule has 0 bridgehead atoms. The standard InChI is InChI=1S/C14H11NO3S/c15-13(16)8-19(17)12-7-3-5-10-9-4-1-2-6-11(9)18-14(10)12/h1-7H,8H2,(H2,15,16). The van der Waals surface area contributed by atoms with Crippen molar-refractivity contribution in [2.24, 2.45) is 5.73 Å². The number of para-hydroxylation sites is 2. The summed E-state index contributed by atoms with van der Waals surface area (Å²) >= 11 is 0. The fourth-order valence-electron chi connectivity index (χ4n) is 2.11. The predicted molar refractivity (Wildman–Crippen MR) is 74.2 cm³/mol. The third kappa shape index (κ3) is 2.02. The van der Waals surface area contributed by atoms with Crippen molar-refractivity contribution in [3.63, 3.8) is 0 Å². The highest BCUT2D eigenvalue weighted by Crippen LogP contribution is 2.31. The topological polar surface area (TPSA) is 73.3 Å². The van der Waals surface area contributed by atoms with Gasteiger partial charge in [0.25, 0.3) is 0 Å². The van der Waals surface area contributed by atoms with Crippen molar-refractivity contribution in [1.82, 2.24) is 0 Å². The number of hydrogen-bond donors (Lipinski definition) is 1. The molecule has 2 aromatic carbocycles. The Labute approximate surface area is 111 Å². The zero-order valence-corrected chi connectivity index (χ0v) is 10.8. The summed E-state index contributed by atoms with van der Waals surface area (Å²) in [6.45, 7) is 0. The Hall–Kier alpha value is -2.14. The first-order valence-electron chi connectivity index (χ1n) is 5.74. The van der Waals surface area contributed by atoms with Crippen LogP contribution >= 0.6 is 0 Å². The number of amides is 1. The molecule has 5 heteroatoms. The Morgan fingerprint density at radius 1 is 1.11 bits per heavy atom. The zero-order valence-electron chi connectivity index (χ0n) is 9.96. The molecular formula is C14H11NO3S. The van der Waals surface area contributed by atoms with Crippen LogP contribution in [0.3, 0.4) is 0 Å². The van der Waals surface area contributed by atoms with Gasteiger partial charge in [0.1, 0.15) is 11.3 Å². The molecule has 19 heavy (non-hydrogen) atoms. The van der Waals surface area contributed by atoms with E-state index < -0.39 is 16.7 Å². The molecule has 1 heterocycles. The van der Waals surface area contributed by atoms with Crippen LogP contribution in [0.5, 0.6) is 0 Å². The lowest BCUT2D eigenvalue weighted by molar-refractivity contribution is -0.115. The van der Waals surface area contributed by atoms with Gasteiger partial charge >= 0.3 is 0 Å². The van der Waals surface area contributed by atoms with E-state index in [9.17, 15) is 9.00 Å². The molecule has 0 aliphatic rings. The Bertz CT molecular complexity index is 807. The SMILES string of the molecule is NC(=O)CS(=O)c1cccc2c1oc1ccccc12. The summed E-state index contributed by atoms with van der Waals surface area (Å²) in [5, 5.41) is 1.86. The second-order valence-electron chi connectivity index (χ2n) is 4.19. The molecule has 0 aliphatic carbocycles. The maximum atomic E-state index is 12.1. The molecule has 0 fully saturated rings. The number of fused-ring (bicyclic) bond motifs is 3. The number of hydrogen-bond acceptors (Lipinski definition) is 3. The highest BCUT2D eigenvalue weighted by atomic mass is 32.2. The third-order valence-electron chi connectivity index (χ3n) is 2.89. The zero-order chi connectivity index (χ0) is 13.4. The lowest BCUT2D eigenvalue weighted by Crippen LogP contribution is -2.19. The Kier molecular flexibility index (Phi) is 2.83. The first-order valence-corrected chi connectivity index (χ1v) is 7.05. The Morgan fingerprint density at radius 3 is 2.63 bits per heavy atom. The fourth-order valence-corrected chi connectivity index (χ4v) is 3.11. The summed E-state index contributed by atoms with van der Waals surface area (Å²) in [6.07, 6.45) is 0. The average Bonchev–Trinajstić information content (AvgIpc) is 2.76. The molecule has 3 aromatic rings. The van der Waals surface area contributed by atoms with E-state index in [1.165, 1.54) is 0 Å². The van der Waals surface area contributed by atoms with Crippen LogP contribution in [0.15, 0.2) is 51.8 Å². The van der Waals surface area contributed by atoms with Gasteiger partial charge in [0.2, 0.25) is 5.91 Å². The number of benzene rings is 2. The van der Waals surface area contributed by atoms with E-state index >= 15 is 0 Å². The van der Waals surface area contributed by atoms with Crippen LogP contribution in [0.2, 0.25) is 0 Å². The van der Waals surface area contributed by atoms with E-state index in [0.717, 1.165) is 16.4 Å². The maximum Gasteiger partial charge on any atom is 0.230 e. The summed E-state index contributed by atoms with van der Waals surface area (Å²) in [5.74, 6) is -0.790. The monoisotopic (exact) mass is 273 g/mol. The summed E-state index contributed by atoms with van der Waals surface area (Å²) in [6, 6.07) is 13.0. The average molecular weight is 273 g/mol. The minimum atomic E-state index is -1.48. The first-order chi connectivity index (χ1) is 9.16. The van der Waals surface area contributed by atoms with Gasteiger partial charge in [-0.3, -0.25) is 9.00 Å². The van der Waals surface area contributed by atoms with Crippen molar-refractivity contribution in [3.8, 4) is 0 Å². The second-order valence-corrected chi connectivity index (χ2v) is 5.61. The molecule has 0 saturated heterocycles. The van der Waals surface area contributed by atoms with Crippen LogP contribution < -0.4 is 5.73 Å². The number of nitrogens with two attached hydrogens (primary N) is 1. The molecule has 1 aromatic heterocycles. The van der Waals surface area contributed by atoms with Gasteiger partial charge in [0.15, 0.2) is 5.58 Å². The van der Waals surface area contributed by atoms with Crippen LogP contribution in [0.1, 0.15) is 0 Å². The van der Waals surface area contributed by atoms with Gasteiger partial charge in [0, 0.05) is 10.8 Å². The fraction of sp³-hybridized carbons (Fsp3) is 0.0714. The van der Waals surface area contributed by atoms with Gasteiger partial charge in [-0.05, 0) is 12.1 Å². The van der Waals surface area contributed by atoms with Gasteiger partial charge in [-0.1, -0.05) is 30.3 Å². The number of furan rings is 1. The maximum absolute atomic E-state index is 12.1. The number of rotatable bonds is 3. The molecule has 1 amide bonds. The van der Waals surface area contributed by atoms with E-state index in [2.05, 4.69) is 0 Å². The van der Waals surface area contributed by atoms with Crippen molar-refractivity contribution in [2.45, 2.75) is 4.90 Å². The molecule has 2 N–H and O–H groups in total. The van der Waals surface area contributed by atoms with Crippen molar-refractivity contribution in [2.75, 3.05) is 5.75 Å². The molecule has 1 unspecified atom stereocenters. The summed E-state index contributed by atoms with van der Waals surface area (Å²) in [5.41, 5.74) is 6.38. The number of carbonyl (C=O) groups is 1. The van der Waals surface area contributed by atoms with Crippen LogP contribution in [0, 0.1) is 0 Å². The van der Waals surface area contributed by atoms with E-state index in [1.54, 1.807) is 12.1 Å². The quantitative estimate of drug-likeness (QED) is 0.794. The molecule has 0 spiro atoms. The van der Waals surface area contributed by atoms with E-state index in [0.29, 0.717) is 10.5 Å². The van der Waals surface area contributed by atoms with Gasteiger partial charge in [-0.25, -0.2) is 0 Å². The number of carbonyl (C=O) groups excluding carboxylic acids is 1. The highest BCUT2D eigenvalue weighted by molar-refractivity contribution is 7.86. The largest absolute Gasteiger partial charge is 0.455 e. The molecule has 1 atom stereocenters. The molecule has 96 valence electrons. The van der Waals surface area contributed by atoms with E-state index in [1.807, 2.05) is 30.3 Å². The van der Waals surface area contributed by atoms with Crippen LogP contribution in [0.4, 0.5) is 0 Å². The van der Waals surface area contributed by atoms with Gasteiger partial charge in [0.05, 0.1) is 15.7 Å². The molecular weight excluding hydrogens is 262 g/mol. The van der Waals surface area contributed by atoms with Crippen molar-refractivity contribution < 1.29 is 13.4 Å². The normalized spacial score (nSPS) is 12.8. The minimum absolute atomic E-state index is 0.198. The molecule has 4 nitrogen and oxygen atoms in total. The Morgan fingerprint density at radius 2 is 1.84 bits per heavy atom.